The minimum absolute atomic E-state index is 0.178. The molecule has 1 aliphatic carbocycles. The van der Waals surface area contributed by atoms with Crippen molar-refractivity contribution in [2.75, 3.05) is 11.9 Å². The largest absolute Gasteiger partial charge is 0.368 e. The third-order valence-corrected chi connectivity index (χ3v) is 3.94. The number of benzene rings is 2. The first kappa shape index (κ1) is 22.9. The predicted octanol–water partition coefficient (Wildman–Crippen LogP) is 7.34. The number of nitrogens with one attached hydrogen (secondary N) is 1. The molecule has 1 fully saturated rings. The van der Waals surface area contributed by atoms with Crippen molar-refractivity contribution in [1.82, 2.24) is 0 Å². The summed E-state index contributed by atoms with van der Waals surface area (Å²) in [4.78, 5) is 0. The van der Waals surface area contributed by atoms with E-state index in [2.05, 4.69) is 11.9 Å². The SMILES string of the molecule is C=C(C)Nc1cc(C(OCC2CC2)c2ccccc2)ccc1F.CC.CC. The molecule has 0 radical (unpaired) electrons. The molecule has 1 saturated carbocycles. The van der Waals surface area contributed by atoms with E-state index < -0.39 is 0 Å². The standard InChI is InChI=1S/C20H22FNO.2C2H6/c1-14(2)22-19-12-17(10-11-18(19)21)20(23-13-15-8-9-15)16-6-4-3-5-7-16;2*1-2/h3-7,10-12,15,20,22H,1,8-9,13H2,2H3;2*1-2H3. The molecule has 1 atom stereocenters. The minimum atomic E-state index is -0.286. The van der Waals surface area contributed by atoms with Crippen molar-refractivity contribution in [3.63, 3.8) is 0 Å². The van der Waals surface area contributed by atoms with Gasteiger partial charge in [0.25, 0.3) is 0 Å². The molecule has 27 heavy (non-hydrogen) atoms. The lowest BCUT2D eigenvalue weighted by molar-refractivity contribution is 0.0718. The summed E-state index contributed by atoms with van der Waals surface area (Å²) in [5, 5.41) is 2.97. The monoisotopic (exact) mass is 371 g/mol. The van der Waals surface area contributed by atoms with E-state index in [1.54, 1.807) is 6.07 Å². The van der Waals surface area contributed by atoms with Crippen LogP contribution in [0.2, 0.25) is 0 Å². The molecule has 2 nitrogen and oxygen atoms in total. The van der Waals surface area contributed by atoms with E-state index in [1.165, 1.54) is 18.9 Å². The second-order valence-electron chi connectivity index (χ2n) is 6.21. The average molecular weight is 372 g/mol. The normalized spacial score (nSPS) is 13.4. The molecule has 1 aliphatic rings. The molecular weight excluding hydrogens is 337 g/mol. The number of ether oxygens (including phenoxy) is 1. The summed E-state index contributed by atoms with van der Waals surface area (Å²) in [6, 6.07) is 15.2. The van der Waals surface area contributed by atoms with E-state index in [0.717, 1.165) is 17.7 Å². The summed E-state index contributed by atoms with van der Waals surface area (Å²) >= 11 is 0. The van der Waals surface area contributed by atoms with E-state index in [-0.39, 0.29) is 11.9 Å². The molecule has 1 N–H and O–H groups in total. The third-order valence-electron chi connectivity index (χ3n) is 3.94. The van der Waals surface area contributed by atoms with Crippen molar-refractivity contribution < 1.29 is 9.13 Å². The van der Waals surface area contributed by atoms with Gasteiger partial charge in [-0.05, 0) is 48.9 Å². The number of allylic oxidation sites excluding steroid dienone is 1. The minimum Gasteiger partial charge on any atom is -0.368 e. The molecule has 1 unspecified atom stereocenters. The predicted molar refractivity (Wildman–Crippen MR) is 114 cm³/mol. The number of anilines is 1. The Kier molecular flexibility index (Phi) is 10.4. The Bertz CT molecular complexity index is 680. The Morgan fingerprint density at radius 1 is 1.07 bits per heavy atom. The Morgan fingerprint density at radius 2 is 1.70 bits per heavy atom. The van der Waals surface area contributed by atoms with Crippen molar-refractivity contribution in [3.05, 3.63) is 77.8 Å². The smallest absolute Gasteiger partial charge is 0.146 e. The molecule has 0 aliphatic heterocycles. The van der Waals surface area contributed by atoms with Gasteiger partial charge in [-0.3, -0.25) is 0 Å². The van der Waals surface area contributed by atoms with E-state index in [1.807, 2.05) is 71.0 Å². The maximum Gasteiger partial charge on any atom is 0.146 e. The first-order chi connectivity index (χ1) is 13.1. The molecule has 0 heterocycles. The van der Waals surface area contributed by atoms with Crippen molar-refractivity contribution in [2.45, 2.75) is 53.6 Å². The first-order valence-electron chi connectivity index (χ1n) is 10.0. The molecular formula is C24H34FNO. The fourth-order valence-electron chi connectivity index (χ4n) is 2.56. The molecule has 0 saturated heterocycles. The zero-order valence-electron chi connectivity index (χ0n) is 17.4. The molecule has 2 aromatic rings. The van der Waals surface area contributed by atoms with Crippen LogP contribution in [0.5, 0.6) is 0 Å². The maximum atomic E-state index is 14.0. The fourth-order valence-corrected chi connectivity index (χ4v) is 2.56. The zero-order chi connectivity index (χ0) is 20.2. The summed E-state index contributed by atoms with van der Waals surface area (Å²) in [5.74, 6) is 0.389. The third kappa shape index (κ3) is 7.56. The van der Waals surface area contributed by atoms with Crippen LogP contribution < -0.4 is 5.32 Å². The van der Waals surface area contributed by atoms with E-state index in [0.29, 0.717) is 17.3 Å². The van der Waals surface area contributed by atoms with Crippen molar-refractivity contribution in [2.24, 2.45) is 5.92 Å². The Hall–Kier alpha value is -2.13. The van der Waals surface area contributed by atoms with Gasteiger partial charge in [0.15, 0.2) is 0 Å². The molecule has 3 rings (SSSR count). The number of hydrogen-bond acceptors (Lipinski definition) is 2. The molecule has 148 valence electrons. The summed E-state index contributed by atoms with van der Waals surface area (Å²) in [6.45, 7) is 14.3. The van der Waals surface area contributed by atoms with Crippen LogP contribution in [0, 0.1) is 11.7 Å². The van der Waals surface area contributed by atoms with Crippen LogP contribution in [0.15, 0.2) is 60.8 Å². The molecule has 3 heteroatoms. The van der Waals surface area contributed by atoms with Gasteiger partial charge in [0.1, 0.15) is 11.9 Å². The van der Waals surface area contributed by atoms with Crippen molar-refractivity contribution in [3.8, 4) is 0 Å². The van der Waals surface area contributed by atoms with Gasteiger partial charge < -0.3 is 10.1 Å². The summed E-state index contributed by atoms with van der Waals surface area (Å²) in [7, 11) is 0. The van der Waals surface area contributed by atoms with E-state index in [4.69, 9.17) is 4.74 Å². The highest BCUT2D eigenvalue weighted by molar-refractivity contribution is 5.52. The van der Waals surface area contributed by atoms with Crippen LogP contribution in [0.25, 0.3) is 0 Å². The fraction of sp³-hybridized carbons (Fsp3) is 0.417. The Balaban J connectivity index is 0.000000855. The number of rotatable bonds is 7. The summed E-state index contributed by atoms with van der Waals surface area (Å²) in [5.41, 5.74) is 3.17. The lowest BCUT2D eigenvalue weighted by atomic mass is 10.0. The van der Waals surface area contributed by atoms with Crippen LogP contribution in [0.3, 0.4) is 0 Å². The second kappa shape index (κ2) is 12.3. The molecule has 2 aromatic carbocycles. The Labute approximate surface area is 164 Å². The zero-order valence-corrected chi connectivity index (χ0v) is 17.4. The second-order valence-corrected chi connectivity index (χ2v) is 6.21. The summed E-state index contributed by atoms with van der Waals surface area (Å²) in [6.07, 6.45) is 2.31. The van der Waals surface area contributed by atoms with Crippen LogP contribution in [0.1, 0.15) is 64.7 Å². The average Bonchev–Trinajstić information content (AvgIpc) is 3.52. The molecule has 0 amide bonds. The van der Waals surface area contributed by atoms with Crippen LogP contribution >= 0.6 is 0 Å². The number of hydrogen-bond donors (Lipinski definition) is 1. The summed E-state index contributed by atoms with van der Waals surface area (Å²) < 4.78 is 20.1. The first-order valence-corrected chi connectivity index (χ1v) is 10.0. The van der Waals surface area contributed by atoms with Gasteiger partial charge in [-0.2, -0.15) is 0 Å². The van der Waals surface area contributed by atoms with Crippen molar-refractivity contribution >= 4 is 5.69 Å². The highest BCUT2D eigenvalue weighted by Gasteiger charge is 2.24. The highest BCUT2D eigenvalue weighted by atomic mass is 19.1. The lowest BCUT2D eigenvalue weighted by Gasteiger charge is -2.20. The van der Waals surface area contributed by atoms with E-state index >= 15 is 0 Å². The maximum absolute atomic E-state index is 14.0. The van der Waals surface area contributed by atoms with Crippen LogP contribution in [-0.4, -0.2) is 6.61 Å². The van der Waals surface area contributed by atoms with Gasteiger partial charge in [-0.15, -0.1) is 0 Å². The molecule has 0 bridgehead atoms. The quantitative estimate of drug-likeness (QED) is 0.550. The topological polar surface area (TPSA) is 21.3 Å². The van der Waals surface area contributed by atoms with Gasteiger partial charge in [-0.25, -0.2) is 4.39 Å². The van der Waals surface area contributed by atoms with Gasteiger partial charge in [-0.1, -0.05) is 70.7 Å². The van der Waals surface area contributed by atoms with Gasteiger partial charge >= 0.3 is 0 Å². The van der Waals surface area contributed by atoms with Gasteiger partial charge in [0, 0.05) is 5.70 Å². The van der Waals surface area contributed by atoms with Crippen LogP contribution in [0.4, 0.5) is 10.1 Å². The van der Waals surface area contributed by atoms with Crippen LogP contribution in [-0.2, 0) is 4.74 Å². The van der Waals surface area contributed by atoms with Gasteiger partial charge in [0.05, 0.1) is 12.3 Å². The Morgan fingerprint density at radius 3 is 2.26 bits per heavy atom. The molecule has 0 aromatic heterocycles. The highest BCUT2D eigenvalue weighted by Crippen LogP contribution is 2.34. The number of halogens is 1. The molecule has 0 spiro atoms. The van der Waals surface area contributed by atoms with Crippen molar-refractivity contribution in [1.29, 1.82) is 0 Å². The van der Waals surface area contributed by atoms with Gasteiger partial charge in [0.2, 0.25) is 0 Å². The lowest BCUT2D eigenvalue weighted by Crippen LogP contribution is -2.09. The van der Waals surface area contributed by atoms with E-state index in [9.17, 15) is 4.39 Å².